The molecule has 0 aromatic heterocycles. The number of amides is 1. The van der Waals surface area contributed by atoms with Crippen molar-refractivity contribution in [1.29, 1.82) is 0 Å². The molecule has 0 bridgehead atoms. The van der Waals surface area contributed by atoms with Crippen LogP contribution < -0.4 is 10.5 Å². The second-order valence-corrected chi connectivity index (χ2v) is 7.08. The van der Waals surface area contributed by atoms with Gasteiger partial charge in [-0.25, -0.2) is 8.42 Å². The highest BCUT2D eigenvalue weighted by atomic mass is 79.9. The molecule has 1 rings (SSSR count). The quantitative estimate of drug-likeness (QED) is 0.735. The van der Waals surface area contributed by atoms with Gasteiger partial charge in [-0.1, -0.05) is 0 Å². The standard InChI is InChI=1S/C13H20BrN3O3S/c1-4-17(5-2)13(18)9(3)16-21(19,20)12-7-6-10(15)8-11(12)14/h6-9,16H,4-5,15H2,1-3H3. The third-order valence-electron chi connectivity index (χ3n) is 3.02. The van der Waals surface area contributed by atoms with Crippen molar-refractivity contribution < 1.29 is 13.2 Å². The lowest BCUT2D eigenvalue weighted by atomic mass is 10.3. The van der Waals surface area contributed by atoms with E-state index < -0.39 is 16.1 Å². The highest BCUT2D eigenvalue weighted by Crippen LogP contribution is 2.24. The molecule has 118 valence electrons. The van der Waals surface area contributed by atoms with Crippen molar-refractivity contribution in [3.8, 4) is 0 Å². The number of hydrogen-bond acceptors (Lipinski definition) is 4. The van der Waals surface area contributed by atoms with Crippen molar-refractivity contribution in [1.82, 2.24) is 9.62 Å². The van der Waals surface area contributed by atoms with Gasteiger partial charge < -0.3 is 10.6 Å². The second-order valence-electron chi connectivity index (χ2n) is 4.54. The van der Waals surface area contributed by atoms with Gasteiger partial charge in [-0.3, -0.25) is 4.79 Å². The van der Waals surface area contributed by atoms with E-state index in [0.29, 0.717) is 23.2 Å². The lowest BCUT2D eigenvalue weighted by Gasteiger charge is -2.23. The van der Waals surface area contributed by atoms with Crippen LogP contribution in [0.25, 0.3) is 0 Å². The lowest BCUT2D eigenvalue weighted by Crippen LogP contribution is -2.46. The zero-order chi connectivity index (χ0) is 16.2. The maximum Gasteiger partial charge on any atom is 0.242 e. The summed E-state index contributed by atoms with van der Waals surface area (Å²) in [5.74, 6) is -0.254. The minimum absolute atomic E-state index is 0.0518. The number of nitrogens with one attached hydrogen (secondary N) is 1. The lowest BCUT2D eigenvalue weighted by molar-refractivity contribution is -0.132. The molecule has 0 heterocycles. The summed E-state index contributed by atoms with van der Waals surface area (Å²) in [7, 11) is -3.80. The van der Waals surface area contributed by atoms with Gasteiger partial charge in [0, 0.05) is 23.2 Å². The SMILES string of the molecule is CCN(CC)C(=O)C(C)NS(=O)(=O)c1ccc(N)cc1Br. The molecule has 0 saturated carbocycles. The van der Waals surface area contributed by atoms with Crippen molar-refractivity contribution in [2.45, 2.75) is 31.7 Å². The predicted octanol–water partition coefficient (Wildman–Crippen LogP) is 1.57. The fourth-order valence-electron chi connectivity index (χ4n) is 1.89. The predicted molar refractivity (Wildman–Crippen MR) is 86.3 cm³/mol. The number of nitrogens with zero attached hydrogens (tertiary/aromatic N) is 1. The monoisotopic (exact) mass is 377 g/mol. The van der Waals surface area contributed by atoms with Gasteiger partial charge in [0.2, 0.25) is 15.9 Å². The summed E-state index contributed by atoms with van der Waals surface area (Å²) >= 11 is 3.17. The van der Waals surface area contributed by atoms with Gasteiger partial charge in [-0.2, -0.15) is 4.72 Å². The summed E-state index contributed by atoms with van der Waals surface area (Å²) in [5.41, 5.74) is 6.04. The molecule has 1 aromatic rings. The van der Waals surface area contributed by atoms with Crippen LogP contribution >= 0.6 is 15.9 Å². The van der Waals surface area contributed by atoms with E-state index in [1.807, 2.05) is 13.8 Å². The minimum atomic E-state index is -3.80. The molecule has 1 unspecified atom stereocenters. The Morgan fingerprint density at radius 1 is 1.38 bits per heavy atom. The van der Waals surface area contributed by atoms with Crippen molar-refractivity contribution in [3.63, 3.8) is 0 Å². The molecule has 0 aliphatic carbocycles. The van der Waals surface area contributed by atoms with E-state index in [1.165, 1.54) is 25.1 Å². The molecule has 0 radical (unpaired) electrons. The number of nitrogen functional groups attached to an aromatic ring is 1. The van der Waals surface area contributed by atoms with E-state index in [-0.39, 0.29) is 10.8 Å². The van der Waals surface area contributed by atoms with Gasteiger partial charge in [0.1, 0.15) is 0 Å². The number of nitrogens with two attached hydrogens (primary N) is 1. The first-order valence-corrected chi connectivity index (χ1v) is 8.86. The number of hydrogen-bond donors (Lipinski definition) is 2. The average Bonchev–Trinajstić information content (AvgIpc) is 2.38. The van der Waals surface area contributed by atoms with Gasteiger partial charge in [0.15, 0.2) is 0 Å². The maximum absolute atomic E-state index is 12.3. The van der Waals surface area contributed by atoms with Crippen molar-refractivity contribution in [2.75, 3.05) is 18.8 Å². The van der Waals surface area contributed by atoms with Crippen molar-refractivity contribution in [2.24, 2.45) is 0 Å². The summed E-state index contributed by atoms with van der Waals surface area (Å²) in [4.78, 5) is 13.7. The first-order chi connectivity index (χ1) is 9.72. The Kier molecular flexibility index (Phi) is 6.18. The number of benzene rings is 1. The van der Waals surface area contributed by atoms with Crippen LogP contribution in [0, 0.1) is 0 Å². The Morgan fingerprint density at radius 3 is 2.43 bits per heavy atom. The number of halogens is 1. The number of likely N-dealkylation sites (N-methyl/N-ethyl adjacent to an activating group) is 1. The van der Waals surface area contributed by atoms with Crippen molar-refractivity contribution in [3.05, 3.63) is 22.7 Å². The Labute approximate surface area is 133 Å². The summed E-state index contributed by atoms with van der Waals surface area (Å²) in [6.45, 7) is 6.29. The smallest absolute Gasteiger partial charge is 0.242 e. The Bertz CT molecular complexity index is 615. The molecule has 21 heavy (non-hydrogen) atoms. The topological polar surface area (TPSA) is 92.5 Å². The highest BCUT2D eigenvalue weighted by molar-refractivity contribution is 9.10. The van der Waals surface area contributed by atoms with Gasteiger partial charge in [-0.15, -0.1) is 0 Å². The normalized spacial score (nSPS) is 13.0. The van der Waals surface area contributed by atoms with E-state index in [9.17, 15) is 13.2 Å². The van der Waals surface area contributed by atoms with E-state index in [4.69, 9.17) is 5.73 Å². The van der Waals surface area contributed by atoms with E-state index in [2.05, 4.69) is 20.7 Å². The average molecular weight is 378 g/mol. The molecule has 6 nitrogen and oxygen atoms in total. The molecule has 0 aliphatic rings. The third-order valence-corrected chi connectivity index (χ3v) is 5.54. The van der Waals surface area contributed by atoms with E-state index >= 15 is 0 Å². The first-order valence-electron chi connectivity index (χ1n) is 6.59. The number of carbonyl (C=O) groups is 1. The number of sulfonamides is 1. The zero-order valence-corrected chi connectivity index (χ0v) is 14.7. The number of anilines is 1. The molecule has 0 spiro atoms. The van der Waals surface area contributed by atoms with Gasteiger partial charge in [0.25, 0.3) is 0 Å². The van der Waals surface area contributed by atoms with E-state index in [0.717, 1.165) is 0 Å². The summed E-state index contributed by atoms with van der Waals surface area (Å²) in [6.07, 6.45) is 0. The summed E-state index contributed by atoms with van der Waals surface area (Å²) in [5, 5.41) is 0. The molecule has 0 saturated heterocycles. The van der Waals surface area contributed by atoms with Crippen molar-refractivity contribution >= 4 is 37.5 Å². The molecule has 0 aliphatic heterocycles. The third kappa shape index (κ3) is 4.42. The molecular formula is C13H20BrN3O3S. The molecule has 0 fully saturated rings. The number of carbonyl (C=O) groups excluding carboxylic acids is 1. The van der Waals surface area contributed by atoms with Crippen LogP contribution in [-0.2, 0) is 14.8 Å². The van der Waals surface area contributed by atoms with Crippen LogP contribution in [0.5, 0.6) is 0 Å². The largest absolute Gasteiger partial charge is 0.399 e. The molecule has 1 atom stereocenters. The van der Waals surface area contributed by atoms with Gasteiger partial charge in [-0.05, 0) is 54.9 Å². The van der Waals surface area contributed by atoms with Crippen LogP contribution in [0.1, 0.15) is 20.8 Å². The van der Waals surface area contributed by atoms with Gasteiger partial charge in [0.05, 0.1) is 10.9 Å². The van der Waals surface area contributed by atoms with Crippen LogP contribution in [0.15, 0.2) is 27.6 Å². The fourth-order valence-corrected chi connectivity index (χ4v) is 4.18. The van der Waals surface area contributed by atoms with Crippen LogP contribution in [0.4, 0.5) is 5.69 Å². The fraction of sp³-hybridized carbons (Fsp3) is 0.462. The minimum Gasteiger partial charge on any atom is -0.399 e. The number of rotatable bonds is 6. The summed E-state index contributed by atoms with van der Waals surface area (Å²) < 4.78 is 27.4. The zero-order valence-electron chi connectivity index (χ0n) is 12.3. The molecule has 8 heteroatoms. The Balaban J connectivity index is 2.97. The first kappa shape index (κ1) is 17.9. The molecule has 1 amide bonds. The van der Waals surface area contributed by atoms with Crippen LogP contribution in [-0.4, -0.2) is 38.4 Å². The van der Waals surface area contributed by atoms with Crippen LogP contribution in [0.3, 0.4) is 0 Å². The van der Waals surface area contributed by atoms with Gasteiger partial charge >= 0.3 is 0 Å². The van der Waals surface area contributed by atoms with E-state index in [1.54, 1.807) is 4.90 Å². The second kappa shape index (κ2) is 7.24. The highest BCUT2D eigenvalue weighted by Gasteiger charge is 2.26. The Hall–Kier alpha value is -1.12. The molecular weight excluding hydrogens is 358 g/mol. The maximum atomic E-state index is 12.3. The molecule has 1 aromatic carbocycles. The summed E-state index contributed by atoms with van der Waals surface area (Å²) in [6, 6.07) is 3.57. The van der Waals surface area contributed by atoms with Crippen LogP contribution in [0.2, 0.25) is 0 Å². The Morgan fingerprint density at radius 2 is 1.95 bits per heavy atom. The molecule has 3 N–H and O–H groups in total.